The molecule has 1 saturated heterocycles. The molecule has 8 rings (SSSR count). The van der Waals surface area contributed by atoms with Crippen molar-refractivity contribution in [2.45, 2.75) is 95.0 Å². The molecule has 2 aliphatic carbocycles. The number of carbonyl (C=O) groups is 3. The molecule has 3 fully saturated rings. The van der Waals surface area contributed by atoms with Crippen LogP contribution in [0.1, 0.15) is 65.4 Å². The summed E-state index contributed by atoms with van der Waals surface area (Å²) in [7, 11) is -3.92. The number of halogens is 3. The van der Waals surface area contributed by atoms with Gasteiger partial charge in [-0.05, 0) is 54.9 Å². The second-order valence-corrected chi connectivity index (χ2v) is 19.5. The number of carbonyl (C=O) groups excluding carboxylic acids is 3. The number of fused-ring (bicyclic) bond motifs is 3. The SMILES string of the molecule is CC[C@@H]1C[C@]1(NC(=O)[C@@H]1C[C@@H](Oc2nc(-c3ccc(C(F)(F)F)cc3)nc3c2oc2ccccc23)CN1C(=O)[C@@H](NC1=NCOCS1)C(C)(C)C)C(=O)NS(=O)(=O)C1CC1. The molecule has 3 N–H and O–H groups in total. The minimum atomic E-state index is -4.56. The van der Waals surface area contributed by atoms with Gasteiger partial charge in [0.1, 0.15) is 47.5 Å². The van der Waals surface area contributed by atoms with E-state index in [0.717, 1.165) is 12.1 Å². The molecule has 4 heterocycles. The lowest BCUT2D eigenvalue weighted by molar-refractivity contribution is -0.142. The maximum Gasteiger partial charge on any atom is 0.416 e. The molecule has 0 unspecified atom stereocenters. The number of nitrogens with one attached hydrogen (secondary N) is 3. The van der Waals surface area contributed by atoms with Gasteiger partial charge in [-0.25, -0.2) is 18.4 Å². The summed E-state index contributed by atoms with van der Waals surface area (Å²) in [5.41, 5.74) is -1.83. The maximum absolute atomic E-state index is 14.8. The molecule has 0 radical (unpaired) electrons. The van der Waals surface area contributed by atoms with E-state index >= 15 is 0 Å². The van der Waals surface area contributed by atoms with E-state index in [9.17, 15) is 36.0 Å². The highest BCUT2D eigenvalue weighted by molar-refractivity contribution is 8.13. The zero-order chi connectivity index (χ0) is 42.8. The van der Waals surface area contributed by atoms with Gasteiger partial charge in [-0.2, -0.15) is 18.2 Å². The van der Waals surface area contributed by atoms with Crippen LogP contribution >= 0.6 is 11.8 Å². The smallest absolute Gasteiger partial charge is 0.416 e. The Morgan fingerprint density at radius 1 is 1.07 bits per heavy atom. The van der Waals surface area contributed by atoms with Crippen LogP contribution in [0.25, 0.3) is 33.5 Å². The summed E-state index contributed by atoms with van der Waals surface area (Å²) in [6, 6.07) is 9.34. The number of amides is 3. The second kappa shape index (κ2) is 15.5. The third-order valence-electron chi connectivity index (χ3n) is 11.3. The number of ether oxygens (including phenoxy) is 2. The molecule has 2 aromatic carbocycles. The number of alkyl halides is 3. The van der Waals surface area contributed by atoms with E-state index in [-0.39, 0.29) is 54.9 Å². The highest BCUT2D eigenvalue weighted by Gasteiger charge is 2.62. The summed E-state index contributed by atoms with van der Waals surface area (Å²) < 4.78 is 86.2. The van der Waals surface area contributed by atoms with Crippen molar-refractivity contribution in [3.05, 3.63) is 54.1 Å². The maximum atomic E-state index is 14.8. The van der Waals surface area contributed by atoms with Crippen LogP contribution in [0.4, 0.5) is 13.2 Å². The molecule has 2 saturated carbocycles. The molecule has 4 aliphatic rings. The number of amidine groups is 1. The molecule has 3 amide bonds. The first-order chi connectivity index (χ1) is 28.4. The van der Waals surface area contributed by atoms with Crippen LogP contribution < -0.4 is 20.1 Å². The Kier molecular flexibility index (Phi) is 10.8. The topological polar surface area (TPSA) is 194 Å². The number of aliphatic imine (C=N–C) groups is 1. The molecule has 2 aromatic heterocycles. The molecule has 2 aliphatic heterocycles. The van der Waals surface area contributed by atoms with E-state index < -0.39 is 73.9 Å². The molecule has 5 atom stereocenters. The molecule has 320 valence electrons. The van der Waals surface area contributed by atoms with Crippen molar-refractivity contribution in [2.24, 2.45) is 16.3 Å². The number of furan rings is 1. The van der Waals surface area contributed by atoms with Crippen LogP contribution in [0.5, 0.6) is 5.88 Å². The number of para-hydroxylation sites is 1. The quantitative estimate of drug-likeness (QED) is 0.175. The van der Waals surface area contributed by atoms with Gasteiger partial charge in [-0.15, -0.1) is 0 Å². The molecule has 0 bridgehead atoms. The second-order valence-electron chi connectivity index (χ2n) is 16.6. The number of benzene rings is 2. The van der Waals surface area contributed by atoms with Gasteiger partial charge in [0.05, 0.1) is 17.4 Å². The van der Waals surface area contributed by atoms with Crippen molar-refractivity contribution < 1.29 is 49.9 Å². The minimum absolute atomic E-state index is 0.0539. The van der Waals surface area contributed by atoms with Crippen molar-refractivity contribution in [3.63, 3.8) is 0 Å². The Labute approximate surface area is 347 Å². The molecule has 20 heteroatoms. The van der Waals surface area contributed by atoms with Crippen molar-refractivity contribution in [1.29, 1.82) is 0 Å². The van der Waals surface area contributed by atoms with Crippen molar-refractivity contribution in [2.75, 3.05) is 19.2 Å². The van der Waals surface area contributed by atoms with E-state index in [0.29, 0.717) is 46.9 Å². The number of aromatic nitrogens is 2. The Morgan fingerprint density at radius 2 is 1.80 bits per heavy atom. The first-order valence-electron chi connectivity index (χ1n) is 19.6. The van der Waals surface area contributed by atoms with Crippen molar-refractivity contribution in [1.82, 2.24) is 30.2 Å². The summed E-state index contributed by atoms with van der Waals surface area (Å²) >= 11 is 1.28. The van der Waals surface area contributed by atoms with Crippen LogP contribution in [0.3, 0.4) is 0 Å². The highest BCUT2D eigenvalue weighted by Crippen LogP contribution is 2.47. The number of likely N-dealkylation sites (tertiary alicyclic amines) is 1. The van der Waals surface area contributed by atoms with Crippen LogP contribution in [-0.4, -0.2) is 94.4 Å². The number of sulfonamides is 1. The van der Waals surface area contributed by atoms with E-state index in [4.69, 9.17) is 13.9 Å². The van der Waals surface area contributed by atoms with Gasteiger partial charge in [-0.3, -0.25) is 19.1 Å². The number of hydrogen-bond acceptors (Lipinski definition) is 13. The Bertz CT molecular complexity index is 2490. The predicted molar refractivity (Wildman–Crippen MR) is 216 cm³/mol. The Morgan fingerprint density at radius 3 is 2.43 bits per heavy atom. The average molecular weight is 872 g/mol. The summed E-state index contributed by atoms with van der Waals surface area (Å²) in [6.07, 6.45) is -3.94. The van der Waals surface area contributed by atoms with Gasteiger partial charge in [-0.1, -0.05) is 70.1 Å². The molecule has 15 nitrogen and oxygen atoms in total. The van der Waals surface area contributed by atoms with Crippen LogP contribution in [0.15, 0.2) is 57.9 Å². The Hall–Kier alpha value is -4.95. The fourth-order valence-corrected chi connectivity index (χ4v) is 9.70. The summed E-state index contributed by atoms with van der Waals surface area (Å²) in [4.78, 5) is 58.0. The third-order valence-corrected chi connectivity index (χ3v) is 13.9. The van der Waals surface area contributed by atoms with Crippen LogP contribution in [-0.2, 0) is 35.3 Å². The van der Waals surface area contributed by atoms with Crippen molar-refractivity contribution >= 4 is 66.7 Å². The molecule has 4 aromatic rings. The minimum Gasteiger partial charge on any atom is -0.470 e. The lowest BCUT2D eigenvalue weighted by atomic mass is 9.85. The fourth-order valence-electron chi connectivity index (χ4n) is 7.72. The van der Waals surface area contributed by atoms with Crippen molar-refractivity contribution in [3.8, 4) is 17.3 Å². The third kappa shape index (κ3) is 8.24. The lowest BCUT2D eigenvalue weighted by Gasteiger charge is -2.36. The monoisotopic (exact) mass is 871 g/mol. The van der Waals surface area contributed by atoms with Gasteiger partial charge in [0.15, 0.2) is 11.0 Å². The zero-order valence-electron chi connectivity index (χ0n) is 33.2. The molecular weight excluding hydrogens is 828 g/mol. The standard InChI is InChI=1S/C40H44F3N7O8S2/c1-5-22-17-39(22,36(53)49-60(54,55)25-14-15-25)48-33(51)27-16-24(18-50(27)35(52)31(38(2,3)4)46-37-44-19-56-20-59-37)57-34-30-29(26-8-6-7-9-28(26)58-30)45-32(47-34)21-10-12-23(13-11-21)40(41,42)43/h6-13,22,24-25,27,31H,5,14-20H2,1-4H3,(H,44,46)(H,48,51)(H,49,53)/t22-,24-,27+,31-,39-/m1/s1. The Balaban J connectivity index is 1.14. The van der Waals surface area contributed by atoms with Gasteiger partial charge >= 0.3 is 6.18 Å². The lowest BCUT2D eigenvalue weighted by Crippen LogP contribution is -2.60. The van der Waals surface area contributed by atoms with Crippen LogP contribution in [0.2, 0.25) is 0 Å². The predicted octanol–water partition coefficient (Wildman–Crippen LogP) is 5.34. The van der Waals surface area contributed by atoms with Crippen LogP contribution in [0, 0.1) is 11.3 Å². The van der Waals surface area contributed by atoms with E-state index in [1.54, 1.807) is 24.3 Å². The van der Waals surface area contributed by atoms with Gasteiger partial charge in [0.2, 0.25) is 27.4 Å². The van der Waals surface area contributed by atoms with Gasteiger partial charge in [0, 0.05) is 17.4 Å². The summed E-state index contributed by atoms with van der Waals surface area (Å²) in [6.45, 7) is 7.42. The highest BCUT2D eigenvalue weighted by atomic mass is 32.2. The molecule has 60 heavy (non-hydrogen) atoms. The first-order valence-corrected chi connectivity index (χ1v) is 22.1. The fraction of sp³-hybridized carbons (Fsp3) is 0.500. The largest absolute Gasteiger partial charge is 0.470 e. The molecule has 0 spiro atoms. The zero-order valence-corrected chi connectivity index (χ0v) is 34.8. The normalized spacial score (nSPS) is 23.9. The summed E-state index contributed by atoms with van der Waals surface area (Å²) in [5, 5.41) is 6.53. The van der Waals surface area contributed by atoms with E-state index in [1.165, 1.54) is 28.8 Å². The van der Waals surface area contributed by atoms with Gasteiger partial charge < -0.3 is 29.4 Å². The molecular formula is C40H44F3N7O8S2. The van der Waals surface area contributed by atoms with E-state index in [2.05, 4.69) is 30.3 Å². The number of rotatable bonds is 11. The summed E-state index contributed by atoms with van der Waals surface area (Å²) in [5.74, 6) is -1.96. The average Bonchev–Trinajstić information content (AvgIpc) is 4.11. The number of hydrogen-bond donors (Lipinski definition) is 3. The number of nitrogens with zero attached hydrogens (tertiary/aromatic N) is 4. The van der Waals surface area contributed by atoms with E-state index in [1.807, 2.05) is 27.7 Å². The number of thioether (sulfide) groups is 1. The first kappa shape index (κ1) is 41.8. The van der Waals surface area contributed by atoms with Gasteiger partial charge in [0.25, 0.3) is 11.8 Å².